The maximum atomic E-state index is 12.8. The fourth-order valence-electron chi connectivity index (χ4n) is 1.37. The van der Waals surface area contributed by atoms with E-state index in [2.05, 4.69) is 4.99 Å². The molecule has 0 heterocycles. The van der Waals surface area contributed by atoms with Crippen LogP contribution in [0.2, 0.25) is 0 Å². The van der Waals surface area contributed by atoms with Crippen molar-refractivity contribution in [1.29, 1.82) is 0 Å². The Kier molecular flexibility index (Phi) is 8.07. The van der Waals surface area contributed by atoms with Crippen LogP contribution in [0.25, 0.3) is 0 Å². The van der Waals surface area contributed by atoms with Gasteiger partial charge < -0.3 is 9.90 Å². The Morgan fingerprint density at radius 2 is 1.84 bits per heavy atom. The van der Waals surface area contributed by atoms with Crippen LogP contribution in [-0.2, 0) is 4.79 Å². The molecular formula is C12H11F3KNO2. The molecule has 19 heavy (non-hydrogen) atoms. The molecule has 1 atom stereocenters. The molecule has 0 bridgehead atoms. The molecule has 0 amide bonds. The first-order chi connectivity index (χ1) is 8.36. The Bertz CT molecular complexity index is 446. The quantitative estimate of drug-likeness (QED) is 0.505. The summed E-state index contributed by atoms with van der Waals surface area (Å²) in [5.41, 5.74) is -1.36. The number of carbonyl (C=O) groups excluding carboxylic acids is 1. The normalized spacial score (nSPS) is 13.6. The zero-order valence-corrected chi connectivity index (χ0v) is 13.7. The predicted octanol–water partition coefficient (Wildman–Crippen LogP) is -1.43. The van der Waals surface area contributed by atoms with Gasteiger partial charge in [-0.3, -0.25) is 4.99 Å². The van der Waals surface area contributed by atoms with Crippen LogP contribution in [-0.4, -0.2) is 23.9 Å². The summed E-state index contributed by atoms with van der Waals surface area (Å²) in [5.74, 6) is -1.62. The molecule has 0 saturated heterocycles. The van der Waals surface area contributed by atoms with Gasteiger partial charge in [-0.05, 0) is 6.42 Å². The van der Waals surface area contributed by atoms with Crippen molar-refractivity contribution in [1.82, 2.24) is 0 Å². The number of hydrogen-bond acceptors (Lipinski definition) is 3. The van der Waals surface area contributed by atoms with E-state index < -0.39 is 23.9 Å². The molecule has 0 unspecified atom stereocenters. The van der Waals surface area contributed by atoms with Crippen molar-refractivity contribution in [3.05, 3.63) is 35.9 Å². The van der Waals surface area contributed by atoms with Crippen molar-refractivity contribution in [2.75, 3.05) is 0 Å². The molecular weight excluding hydrogens is 286 g/mol. The van der Waals surface area contributed by atoms with Crippen molar-refractivity contribution < 1.29 is 74.5 Å². The topological polar surface area (TPSA) is 52.5 Å². The number of rotatable bonds is 4. The van der Waals surface area contributed by atoms with Crippen molar-refractivity contribution in [2.45, 2.75) is 25.6 Å². The van der Waals surface area contributed by atoms with Gasteiger partial charge in [-0.1, -0.05) is 37.3 Å². The maximum absolute atomic E-state index is 12.8. The van der Waals surface area contributed by atoms with Gasteiger partial charge in [-0.2, -0.15) is 13.2 Å². The number of halogens is 3. The zero-order valence-electron chi connectivity index (χ0n) is 10.6. The van der Waals surface area contributed by atoms with E-state index in [0.717, 1.165) is 0 Å². The average Bonchev–Trinajstić information content (AvgIpc) is 2.29. The Labute approximate surface area is 151 Å². The molecule has 0 aromatic heterocycles. The molecule has 1 aromatic carbocycles. The minimum atomic E-state index is -4.70. The van der Waals surface area contributed by atoms with Gasteiger partial charge in [0.1, 0.15) is 5.71 Å². The fraction of sp³-hybridized carbons (Fsp3) is 0.333. The number of benzene rings is 1. The number of carboxylic acid groups (broad SMARTS) is 1. The van der Waals surface area contributed by atoms with Gasteiger partial charge in [0.2, 0.25) is 0 Å². The van der Waals surface area contributed by atoms with E-state index in [-0.39, 0.29) is 63.4 Å². The molecule has 0 fully saturated rings. The first kappa shape index (κ1) is 18.8. The smallest absolute Gasteiger partial charge is 0.548 e. The molecule has 0 saturated carbocycles. The third-order valence-corrected chi connectivity index (χ3v) is 2.26. The standard InChI is InChI=1S/C12H12F3NO2.K/c1-2-9(11(17)18)16-10(12(13,14)15)8-6-4-3-5-7-8;/h3-7,9H,2H2,1H3,(H,17,18);/q;+1/p-1/t9-;/m0./s1. The summed E-state index contributed by atoms with van der Waals surface area (Å²) in [6.07, 6.45) is -4.76. The van der Waals surface area contributed by atoms with E-state index in [0.29, 0.717) is 0 Å². The molecule has 7 heteroatoms. The minimum absolute atomic E-state index is 0. The van der Waals surface area contributed by atoms with Crippen LogP contribution in [0.4, 0.5) is 13.2 Å². The monoisotopic (exact) mass is 297 g/mol. The molecule has 0 radical (unpaired) electrons. The van der Waals surface area contributed by atoms with Crippen LogP contribution in [0.1, 0.15) is 18.9 Å². The van der Waals surface area contributed by atoms with Crippen LogP contribution in [0.15, 0.2) is 35.3 Å². The van der Waals surface area contributed by atoms with Crippen LogP contribution in [0, 0.1) is 0 Å². The molecule has 3 nitrogen and oxygen atoms in total. The summed E-state index contributed by atoms with van der Waals surface area (Å²) >= 11 is 0. The van der Waals surface area contributed by atoms with E-state index in [1.165, 1.54) is 31.2 Å². The number of aliphatic carboxylic acids is 1. The molecule has 98 valence electrons. The molecule has 0 aliphatic heterocycles. The van der Waals surface area contributed by atoms with Gasteiger partial charge in [0.05, 0.1) is 12.0 Å². The molecule has 0 spiro atoms. The summed E-state index contributed by atoms with van der Waals surface area (Å²) in [6.45, 7) is 1.43. The third kappa shape index (κ3) is 5.74. The number of carboxylic acids is 1. The Hall–Kier alpha value is -0.214. The molecule has 1 rings (SSSR count). The molecule has 0 aliphatic rings. The zero-order chi connectivity index (χ0) is 13.8. The summed E-state index contributed by atoms with van der Waals surface area (Å²) in [4.78, 5) is 13.9. The Morgan fingerprint density at radius 3 is 2.21 bits per heavy atom. The summed E-state index contributed by atoms with van der Waals surface area (Å²) in [5, 5.41) is 10.6. The second-order valence-corrected chi connectivity index (χ2v) is 3.58. The third-order valence-electron chi connectivity index (χ3n) is 2.26. The maximum Gasteiger partial charge on any atom is 1.00 e. The Balaban J connectivity index is 0.00000324. The molecule has 0 N–H and O–H groups in total. The van der Waals surface area contributed by atoms with E-state index >= 15 is 0 Å². The van der Waals surface area contributed by atoms with Crippen molar-refractivity contribution in [2.24, 2.45) is 4.99 Å². The van der Waals surface area contributed by atoms with Crippen LogP contribution in [0.5, 0.6) is 0 Å². The minimum Gasteiger partial charge on any atom is -0.548 e. The first-order valence-corrected chi connectivity index (χ1v) is 5.27. The first-order valence-electron chi connectivity index (χ1n) is 5.27. The van der Waals surface area contributed by atoms with E-state index in [4.69, 9.17) is 0 Å². The largest absolute Gasteiger partial charge is 1.00 e. The van der Waals surface area contributed by atoms with E-state index in [1.54, 1.807) is 6.07 Å². The molecule has 1 aromatic rings. The predicted molar refractivity (Wildman–Crippen MR) is 58.1 cm³/mol. The number of aliphatic imine (C=N–C) groups is 1. The number of nitrogens with zero attached hydrogens (tertiary/aromatic N) is 1. The van der Waals surface area contributed by atoms with Gasteiger partial charge in [-0.15, -0.1) is 0 Å². The van der Waals surface area contributed by atoms with Crippen molar-refractivity contribution in [3.63, 3.8) is 0 Å². The number of carbonyl (C=O) groups is 1. The van der Waals surface area contributed by atoms with Gasteiger partial charge in [0.25, 0.3) is 0 Å². The van der Waals surface area contributed by atoms with Crippen LogP contribution in [0.3, 0.4) is 0 Å². The molecule has 0 aliphatic carbocycles. The summed E-state index contributed by atoms with van der Waals surface area (Å²) < 4.78 is 38.5. The second kappa shape index (κ2) is 8.16. The number of hydrogen-bond donors (Lipinski definition) is 0. The van der Waals surface area contributed by atoms with E-state index in [9.17, 15) is 23.1 Å². The van der Waals surface area contributed by atoms with Gasteiger partial charge in [0.15, 0.2) is 0 Å². The van der Waals surface area contributed by atoms with Crippen LogP contribution >= 0.6 is 0 Å². The summed E-state index contributed by atoms with van der Waals surface area (Å²) in [6, 6.07) is 5.38. The van der Waals surface area contributed by atoms with Gasteiger partial charge in [0, 0.05) is 5.56 Å². The van der Waals surface area contributed by atoms with Gasteiger partial charge in [-0.25, -0.2) is 0 Å². The van der Waals surface area contributed by atoms with Crippen molar-refractivity contribution >= 4 is 11.7 Å². The van der Waals surface area contributed by atoms with Gasteiger partial charge >= 0.3 is 57.6 Å². The van der Waals surface area contributed by atoms with Crippen molar-refractivity contribution in [3.8, 4) is 0 Å². The number of alkyl halides is 3. The Morgan fingerprint density at radius 1 is 1.32 bits per heavy atom. The SMILES string of the molecule is CC[C@H](N=C(c1ccccc1)C(F)(F)F)C(=O)[O-].[K+]. The average molecular weight is 297 g/mol. The van der Waals surface area contributed by atoms with Crippen LogP contribution < -0.4 is 56.5 Å². The second-order valence-electron chi connectivity index (χ2n) is 3.58. The fourth-order valence-corrected chi connectivity index (χ4v) is 1.37. The van der Waals surface area contributed by atoms with E-state index in [1.807, 2.05) is 0 Å². The summed E-state index contributed by atoms with van der Waals surface area (Å²) in [7, 11) is 0.